The molecule has 0 aromatic rings. The summed E-state index contributed by atoms with van der Waals surface area (Å²) in [5.74, 6) is 3.60. The van der Waals surface area contributed by atoms with Gasteiger partial charge in [0, 0.05) is 0 Å². The highest BCUT2D eigenvalue weighted by Gasteiger charge is 2.20. The molecule has 0 aliphatic rings. The molecule has 0 radical (unpaired) electrons. The highest BCUT2D eigenvalue weighted by atomic mass is 14.3. The summed E-state index contributed by atoms with van der Waals surface area (Å²) in [4.78, 5) is 0. The zero-order valence-corrected chi connectivity index (χ0v) is 13.3. The molecule has 104 valence electrons. The molecule has 0 amide bonds. The molecule has 0 bridgehead atoms. The molecule has 0 rings (SSSR count). The van der Waals surface area contributed by atoms with Crippen LogP contribution in [0, 0.1) is 23.7 Å². The molecule has 0 aliphatic heterocycles. The second-order valence-electron chi connectivity index (χ2n) is 6.46. The summed E-state index contributed by atoms with van der Waals surface area (Å²) in [6, 6.07) is 0. The highest BCUT2D eigenvalue weighted by molar-refractivity contribution is 4.70. The second-order valence-corrected chi connectivity index (χ2v) is 6.46. The van der Waals surface area contributed by atoms with E-state index in [2.05, 4.69) is 41.5 Å². The highest BCUT2D eigenvalue weighted by Crippen LogP contribution is 2.30. The van der Waals surface area contributed by atoms with E-state index in [1.54, 1.807) is 0 Å². The lowest BCUT2D eigenvalue weighted by molar-refractivity contribution is 0.222. The molecule has 0 fully saturated rings. The van der Waals surface area contributed by atoms with Crippen LogP contribution >= 0.6 is 0 Å². The van der Waals surface area contributed by atoms with Crippen LogP contribution in [-0.4, -0.2) is 0 Å². The maximum Gasteiger partial charge on any atom is -0.0386 e. The molecule has 0 saturated carbocycles. The smallest absolute Gasteiger partial charge is 0.0386 e. The zero-order valence-electron chi connectivity index (χ0n) is 13.3. The van der Waals surface area contributed by atoms with Crippen molar-refractivity contribution < 1.29 is 0 Å². The first-order valence-electron chi connectivity index (χ1n) is 8.02. The van der Waals surface area contributed by atoms with Crippen LogP contribution < -0.4 is 0 Å². The monoisotopic (exact) mass is 240 g/mol. The van der Waals surface area contributed by atoms with Gasteiger partial charge < -0.3 is 0 Å². The quantitative estimate of drug-likeness (QED) is 0.393. The largest absolute Gasteiger partial charge is 0.0654 e. The van der Waals surface area contributed by atoms with Gasteiger partial charge in [-0.3, -0.25) is 0 Å². The average Bonchev–Trinajstić information content (AvgIpc) is 2.30. The van der Waals surface area contributed by atoms with Crippen LogP contribution in [0.15, 0.2) is 0 Å². The van der Waals surface area contributed by atoms with Crippen molar-refractivity contribution in [3.8, 4) is 0 Å². The normalized spacial score (nSPS) is 17.1. The van der Waals surface area contributed by atoms with Gasteiger partial charge in [0.1, 0.15) is 0 Å². The minimum Gasteiger partial charge on any atom is -0.0654 e. The van der Waals surface area contributed by atoms with Crippen LogP contribution in [0.25, 0.3) is 0 Å². The molecule has 17 heavy (non-hydrogen) atoms. The van der Waals surface area contributed by atoms with Gasteiger partial charge in [0.15, 0.2) is 0 Å². The minimum atomic E-state index is 0.840. The Kier molecular flexibility index (Phi) is 9.97. The number of rotatable bonds is 10. The van der Waals surface area contributed by atoms with Gasteiger partial charge in [-0.2, -0.15) is 0 Å². The Morgan fingerprint density at radius 3 is 1.94 bits per heavy atom. The molecule has 3 unspecified atom stereocenters. The van der Waals surface area contributed by atoms with Crippen LogP contribution in [0.2, 0.25) is 0 Å². The molecule has 3 atom stereocenters. The van der Waals surface area contributed by atoms with Crippen molar-refractivity contribution in [2.24, 2.45) is 23.7 Å². The molecule has 0 aromatic carbocycles. The molecule has 0 N–H and O–H groups in total. The molecule has 0 aromatic heterocycles. The van der Waals surface area contributed by atoms with E-state index >= 15 is 0 Å². The number of unbranched alkanes of at least 4 members (excludes halogenated alkanes) is 3. The van der Waals surface area contributed by atoms with Crippen LogP contribution in [0.4, 0.5) is 0 Å². The lowest BCUT2D eigenvalue weighted by Crippen LogP contribution is -2.19. The molecule has 0 nitrogen and oxygen atoms in total. The molecule has 0 heterocycles. The van der Waals surface area contributed by atoms with Crippen molar-refractivity contribution in [3.05, 3.63) is 0 Å². The minimum absolute atomic E-state index is 0.840. The summed E-state index contributed by atoms with van der Waals surface area (Å²) < 4.78 is 0. The lowest BCUT2D eigenvalue weighted by Gasteiger charge is -2.28. The van der Waals surface area contributed by atoms with E-state index in [-0.39, 0.29) is 0 Å². The number of hydrogen-bond donors (Lipinski definition) is 0. The van der Waals surface area contributed by atoms with Crippen molar-refractivity contribution in [3.63, 3.8) is 0 Å². The van der Waals surface area contributed by atoms with Crippen molar-refractivity contribution >= 4 is 0 Å². The Morgan fingerprint density at radius 1 is 0.824 bits per heavy atom. The van der Waals surface area contributed by atoms with Gasteiger partial charge in [0.25, 0.3) is 0 Å². The summed E-state index contributed by atoms with van der Waals surface area (Å²) >= 11 is 0. The summed E-state index contributed by atoms with van der Waals surface area (Å²) in [5, 5.41) is 0. The van der Waals surface area contributed by atoms with Crippen molar-refractivity contribution in [2.45, 2.75) is 86.5 Å². The van der Waals surface area contributed by atoms with E-state index in [0.717, 1.165) is 23.7 Å². The SMILES string of the molecule is CCCCCCC(C)CC(CC)C(C)C(C)C. The maximum absolute atomic E-state index is 2.46. The Morgan fingerprint density at radius 2 is 1.47 bits per heavy atom. The third-order valence-electron chi connectivity index (χ3n) is 4.58. The van der Waals surface area contributed by atoms with E-state index < -0.39 is 0 Å². The lowest BCUT2D eigenvalue weighted by atomic mass is 9.78. The summed E-state index contributed by atoms with van der Waals surface area (Å²) in [7, 11) is 0. The van der Waals surface area contributed by atoms with Crippen molar-refractivity contribution in [2.75, 3.05) is 0 Å². The molecule has 0 spiro atoms. The van der Waals surface area contributed by atoms with Crippen LogP contribution in [-0.2, 0) is 0 Å². The summed E-state index contributed by atoms with van der Waals surface area (Å²) in [6.45, 7) is 14.3. The van der Waals surface area contributed by atoms with E-state index in [4.69, 9.17) is 0 Å². The third-order valence-corrected chi connectivity index (χ3v) is 4.58. The third kappa shape index (κ3) is 7.84. The maximum atomic E-state index is 2.46. The Hall–Kier alpha value is 0. The predicted molar refractivity (Wildman–Crippen MR) is 80.3 cm³/mol. The molecular formula is C17H36. The number of hydrogen-bond acceptors (Lipinski definition) is 0. The van der Waals surface area contributed by atoms with Crippen LogP contribution in [0.5, 0.6) is 0 Å². The Bertz CT molecular complexity index is 159. The molecular weight excluding hydrogens is 204 g/mol. The standard InChI is InChI=1S/C17H36/c1-7-9-10-11-12-15(5)13-17(8-2)16(6)14(3)4/h14-17H,7-13H2,1-6H3. The molecule has 0 aliphatic carbocycles. The van der Waals surface area contributed by atoms with Crippen LogP contribution in [0.1, 0.15) is 86.5 Å². The topological polar surface area (TPSA) is 0 Å². The van der Waals surface area contributed by atoms with Gasteiger partial charge in [0.2, 0.25) is 0 Å². The first-order chi connectivity index (χ1) is 8.02. The first-order valence-corrected chi connectivity index (χ1v) is 8.02. The Balaban J connectivity index is 3.85. The molecule has 0 saturated heterocycles. The second kappa shape index (κ2) is 9.97. The zero-order chi connectivity index (χ0) is 13.3. The van der Waals surface area contributed by atoms with Gasteiger partial charge >= 0.3 is 0 Å². The average molecular weight is 240 g/mol. The first kappa shape index (κ1) is 17.0. The fourth-order valence-electron chi connectivity index (χ4n) is 2.85. The van der Waals surface area contributed by atoms with Crippen LogP contribution in [0.3, 0.4) is 0 Å². The van der Waals surface area contributed by atoms with E-state index in [1.165, 1.54) is 44.9 Å². The van der Waals surface area contributed by atoms with Gasteiger partial charge in [0.05, 0.1) is 0 Å². The van der Waals surface area contributed by atoms with Gasteiger partial charge in [-0.15, -0.1) is 0 Å². The molecule has 0 heteroatoms. The van der Waals surface area contributed by atoms with E-state index in [0.29, 0.717) is 0 Å². The van der Waals surface area contributed by atoms with Crippen molar-refractivity contribution in [1.82, 2.24) is 0 Å². The fourth-order valence-corrected chi connectivity index (χ4v) is 2.85. The fraction of sp³-hybridized carbons (Fsp3) is 1.00. The van der Waals surface area contributed by atoms with Crippen molar-refractivity contribution in [1.29, 1.82) is 0 Å². The Labute approximate surface area is 111 Å². The van der Waals surface area contributed by atoms with E-state index in [9.17, 15) is 0 Å². The van der Waals surface area contributed by atoms with E-state index in [1.807, 2.05) is 0 Å². The predicted octanol–water partition coefficient (Wildman–Crippen LogP) is 6.30. The summed E-state index contributed by atoms with van der Waals surface area (Å²) in [6.07, 6.45) is 9.92. The van der Waals surface area contributed by atoms with Gasteiger partial charge in [-0.25, -0.2) is 0 Å². The van der Waals surface area contributed by atoms with Gasteiger partial charge in [-0.1, -0.05) is 80.1 Å². The van der Waals surface area contributed by atoms with Gasteiger partial charge in [-0.05, 0) is 30.1 Å². The summed E-state index contributed by atoms with van der Waals surface area (Å²) in [5.41, 5.74) is 0.